The van der Waals surface area contributed by atoms with Crippen molar-refractivity contribution in [3.8, 4) is 17.6 Å². The van der Waals surface area contributed by atoms with Gasteiger partial charge in [-0.05, 0) is 72.3 Å². The van der Waals surface area contributed by atoms with E-state index in [1.807, 2.05) is 50.2 Å². The number of hydrogen-bond acceptors (Lipinski definition) is 6. The Morgan fingerprint density at radius 1 is 1.20 bits per heavy atom. The van der Waals surface area contributed by atoms with Gasteiger partial charge in [0.05, 0.1) is 28.4 Å². The fourth-order valence-corrected chi connectivity index (χ4v) is 6.26. The maximum atomic E-state index is 13.5. The van der Waals surface area contributed by atoms with Gasteiger partial charge in [0.2, 0.25) is 5.91 Å². The summed E-state index contributed by atoms with van der Waals surface area (Å²) < 4.78 is 12.9. The lowest BCUT2D eigenvalue weighted by atomic mass is 9.70. The molecule has 0 bridgehead atoms. The van der Waals surface area contributed by atoms with Gasteiger partial charge in [0.15, 0.2) is 17.3 Å². The van der Waals surface area contributed by atoms with Gasteiger partial charge in [0.25, 0.3) is 0 Å². The van der Waals surface area contributed by atoms with E-state index in [9.17, 15) is 14.9 Å². The van der Waals surface area contributed by atoms with E-state index in [1.165, 1.54) is 0 Å². The van der Waals surface area contributed by atoms with E-state index in [4.69, 9.17) is 14.5 Å². The summed E-state index contributed by atoms with van der Waals surface area (Å²) in [5, 5.41) is 13.2. The minimum atomic E-state index is -0.552. The molecule has 2 aromatic rings. The number of hydrogen-bond donors (Lipinski definition) is 1. The highest BCUT2D eigenvalue weighted by atomic mass is 79.9. The lowest BCUT2D eigenvalue weighted by molar-refractivity contribution is -0.117. The molecule has 1 heterocycles. The Hall–Kier alpha value is -2.96. The third-order valence-electron chi connectivity index (χ3n) is 7.28. The van der Waals surface area contributed by atoms with E-state index in [0.717, 1.165) is 41.8 Å². The molecule has 0 radical (unpaired) electrons. The van der Waals surface area contributed by atoms with Gasteiger partial charge in [-0.1, -0.05) is 47.5 Å². The van der Waals surface area contributed by atoms with Crippen LogP contribution in [0.25, 0.3) is 0 Å². The highest BCUT2D eigenvalue weighted by Crippen LogP contribution is 2.48. The molecule has 0 saturated heterocycles. The number of nitrogens with zero attached hydrogens (tertiary/aromatic N) is 2. The SMILES string of the molecule is CCCC1CC(=O)C2=C(C1)N=C(C)C(C#N)C2c1cc(Br)c(OCc2ccccc2NC(=O)CBr)c(OCC)c1. The number of allylic oxidation sites excluding steroid dienone is 2. The zero-order chi connectivity index (χ0) is 28.8. The van der Waals surface area contributed by atoms with Gasteiger partial charge < -0.3 is 14.8 Å². The van der Waals surface area contributed by atoms with Crippen molar-refractivity contribution in [2.45, 2.75) is 59.0 Å². The summed E-state index contributed by atoms with van der Waals surface area (Å²) in [4.78, 5) is 30.2. The van der Waals surface area contributed by atoms with Gasteiger partial charge in [-0.15, -0.1) is 0 Å². The summed E-state index contributed by atoms with van der Waals surface area (Å²) >= 11 is 6.85. The zero-order valence-electron chi connectivity index (χ0n) is 22.9. The Bertz CT molecular complexity index is 1400. The lowest BCUT2D eigenvalue weighted by Gasteiger charge is -2.35. The molecule has 9 heteroatoms. The van der Waals surface area contributed by atoms with Crippen LogP contribution in [0, 0.1) is 23.2 Å². The van der Waals surface area contributed by atoms with Crippen molar-refractivity contribution in [3.05, 3.63) is 63.3 Å². The average Bonchev–Trinajstić information content (AvgIpc) is 2.92. The minimum absolute atomic E-state index is 0.0812. The standard InChI is InChI=1S/C31H33Br2N3O4/c1-4-8-19-11-25-30(26(37)12-19)29(22(16-34)18(3)35-25)21-13-23(33)31(27(14-21)39-5-2)40-17-20-9-6-7-10-24(20)36-28(38)15-32/h6-7,9-10,13-14,19,22,29H,4-5,8,11-12,15,17H2,1-3H3,(H,36,38). The number of ketones is 1. The second kappa shape index (κ2) is 13.6. The summed E-state index contributed by atoms with van der Waals surface area (Å²) in [6.45, 7) is 6.50. The number of Topliss-reactive ketones (excluding diaryl/α,β-unsaturated/α-hetero) is 1. The summed E-state index contributed by atoms with van der Waals surface area (Å²) in [5.74, 6) is 0.252. The molecule has 0 aromatic heterocycles. The monoisotopic (exact) mass is 669 g/mol. The molecule has 2 aromatic carbocycles. The molecule has 2 aliphatic rings. The first kappa shape index (κ1) is 30.0. The first-order chi connectivity index (χ1) is 19.3. The van der Waals surface area contributed by atoms with Crippen LogP contribution in [0.5, 0.6) is 11.5 Å². The van der Waals surface area contributed by atoms with Crippen molar-refractivity contribution < 1.29 is 19.1 Å². The number of aliphatic imine (C=N–C) groups is 1. The summed E-state index contributed by atoms with van der Waals surface area (Å²) in [5.41, 5.74) is 4.49. The molecule has 7 nitrogen and oxygen atoms in total. The number of nitriles is 1. The average molecular weight is 671 g/mol. The van der Waals surface area contributed by atoms with E-state index in [2.05, 4.69) is 50.2 Å². The third-order valence-corrected chi connectivity index (χ3v) is 8.38. The highest BCUT2D eigenvalue weighted by molar-refractivity contribution is 9.10. The Balaban J connectivity index is 1.71. The van der Waals surface area contributed by atoms with Crippen molar-refractivity contribution in [1.82, 2.24) is 0 Å². The van der Waals surface area contributed by atoms with Crippen LogP contribution in [0.2, 0.25) is 0 Å². The van der Waals surface area contributed by atoms with Crippen LogP contribution in [0.3, 0.4) is 0 Å². The van der Waals surface area contributed by atoms with Crippen molar-refractivity contribution in [1.29, 1.82) is 5.26 Å². The van der Waals surface area contributed by atoms with Crippen LogP contribution < -0.4 is 14.8 Å². The van der Waals surface area contributed by atoms with Crippen molar-refractivity contribution in [2.75, 3.05) is 17.3 Å². The molecule has 1 amide bonds. The second-order valence-electron chi connectivity index (χ2n) is 10.1. The predicted molar refractivity (Wildman–Crippen MR) is 163 cm³/mol. The van der Waals surface area contributed by atoms with Crippen LogP contribution >= 0.6 is 31.9 Å². The Morgan fingerprint density at radius 2 is 1.98 bits per heavy atom. The van der Waals surface area contributed by atoms with E-state index >= 15 is 0 Å². The first-order valence-electron chi connectivity index (χ1n) is 13.5. The number of amides is 1. The molecule has 4 rings (SSSR count). The topological polar surface area (TPSA) is 101 Å². The van der Waals surface area contributed by atoms with E-state index in [1.54, 1.807) is 0 Å². The van der Waals surface area contributed by atoms with Crippen LogP contribution in [0.1, 0.15) is 63.5 Å². The van der Waals surface area contributed by atoms with Crippen molar-refractivity contribution in [3.63, 3.8) is 0 Å². The number of anilines is 1. The number of alkyl halides is 1. The molecular weight excluding hydrogens is 638 g/mol. The summed E-state index contributed by atoms with van der Waals surface area (Å²) in [6, 6.07) is 13.7. The van der Waals surface area contributed by atoms with Crippen LogP contribution in [0.4, 0.5) is 5.69 Å². The number of ether oxygens (including phenoxy) is 2. The number of carbonyl (C=O) groups excluding carboxylic acids is 2. The number of carbonyl (C=O) groups is 2. The molecule has 0 spiro atoms. The molecule has 40 heavy (non-hydrogen) atoms. The fourth-order valence-electron chi connectivity index (χ4n) is 5.55. The van der Waals surface area contributed by atoms with Gasteiger partial charge >= 0.3 is 0 Å². The first-order valence-corrected chi connectivity index (χ1v) is 15.5. The molecule has 3 atom stereocenters. The number of nitrogens with one attached hydrogen (secondary N) is 1. The lowest BCUT2D eigenvalue weighted by Crippen LogP contribution is -2.32. The van der Waals surface area contributed by atoms with Crippen LogP contribution in [-0.2, 0) is 16.2 Å². The number of benzene rings is 2. The van der Waals surface area contributed by atoms with Crippen LogP contribution in [0.15, 0.2) is 57.1 Å². The van der Waals surface area contributed by atoms with Gasteiger partial charge in [0.1, 0.15) is 6.61 Å². The molecule has 0 saturated carbocycles. The summed E-state index contributed by atoms with van der Waals surface area (Å²) in [6.07, 6.45) is 3.25. The molecule has 0 fully saturated rings. The van der Waals surface area contributed by atoms with E-state index in [0.29, 0.717) is 40.3 Å². The molecule has 1 aliphatic heterocycles. The zero-order valence-corrected chi connectivity index (χ0v) is 26.1. The van der Waals surface area contributed by atoms with Gasteiger partial charge in [-0.25, -0.2) is 0 Å². The Labute approximate surface area is 252 Å². The Kier molecular flexibility index (Phi) is 10.2. The maximum absolute atomic E-state index is 13.5. The predicted octanol–water partition coefficient (Wildman–Crippen LogP) is 7.49. The molecule has 1 aliphatic carbocycles. The third kappa shape index (κ3) is 6.50. The smallest absolute Gasteiger partial charge is 0.235 e. The number of halogens is 2. The number of para-hydroxylation sites is 1. The molecule has 3 unspecified atom stereocenters. The molecule has 1 N–H and O–H groups in total. The number of rotatable bonds is 10. The second-order valence-corrected chi connectivity index (χ2v) is 11.5. The Morgan fingerprint density at radius 3 is 2.67 bits per heavy atom. The normalized spacial score (nSPS) is 20.4. The molecular formula is C31H33Br2N3O4. The van der Waals surface area contributed by atoms with Gasteiger partial charge in [-0.2, -0.15) is 5.26 Å². The van der Waals surface area contributed by atoms with Gasteiger partial charge in [-0.3, -0.25) is 14.6 Å². The van der Waals surface area contributed by atoms with Crippen LogP contribution in [-0.4, -0.2) is 29.3 Å². The van der Waals surface area contributed by atoms with Crippen molar-refractivity contribution >= 4 is 54.9 Å². The minimum Gasteiger partial charge on any atom is -0.490 e. The van der Waals surface area contributed by atoms with E-state index < -0.39 is 11.8 Å². The molecule has 210 valence electrons. The van der Waals surface area contributed by atoms with Gasteiger partial charge in [0, 0.05) is 40.6 Å². The summed E-state index contributed by atoms with van der Waals surface area (Å²) in [7, 11) is 0. The van der Waals surface area contributed by atoms with E-state index in [-0.39, 0.29) is 29.5 Å². The maximum Gasteiger partial charge on any atom is 0.235 e. The fraction of sp³-hybridized carbons (Fsp3) is 0.419. The van der Waals surface area contributed by atoms with Crippen molar-refractivity contribution in [2.24, 2.45) is 16.8 Å². The largest absolute Gasteiger partial charge is 0.490 e. The quantitative estimate of drug-likeness (QED) is 0.264. The highest BCUT2D eigenvalue weighted by Gasteiger charge is 2.41.